The van der Waals surface area contributed by atoms with E-state index in [1.165, 1.54) is 6.92 Å². The Balaban J connectivity index is 1.89. The number of anilines is 1. The summed E-state index contributed by atoms with van der Waals surface area (Å²) in [5.41, 5.74) is 3.11. The van der Waals surface area contributed by atoms with Crippen molar-refractivity contribution in [2.24, 2.45) is 0 Å². The van der Waals surface area contributed by atoms with Crippen LogP contribution in [0.5, 0.6) is 0 Å². The van der Waals surface area contributed by atoms with Gasteiger partial charge in [0.05, 0.1) is 0 Å². The molecule has 27 heavy (non-hydrogen) atoms. The number of benzene rings is 2. The van der Waals surface area contributed by atoms with Gasteiger partial charge in [-0.25, -0.2) is 0 Å². The second-order valence-electron chi connectivity index (χ2n) is 6.86. The molecule has 0 saturated carbocycles. The Bertz CT molecular complexity index is 772. The van der Waals surface area contributed by atoms with E-state index in [1.807, 2.05) is 48.5 Å². The van der Waals surface area contributed by atoms with E-state index in [-0.39, 0.29) is 18.2 Å². The molecular formula is C22H27ClN2O2. The van der Waals surface area contributed by atoms with Crippen LogP contribution in [0.4, 0.5) is 5.69 Å². The molecule has 2 amide bonds. The highest BCUT2D eigenvalue weighted by Gasteiger charge is 2.17. The van der Waals surface area contributed by atoms with Crippen molar-refractivity contribution >= 4 is 29.1 Å². The summed E-state index contributed by atoms with van der Waals surface area (Å²) in [6, 6.07) is 15.5. The molecule has 0 fully saturated rings. The van der Waals surface area contributed by atoms with Gasteiger partial charge in [-0.05, 0) is 41.7 Å². The number of halogens is 1. The Kier molecular flexibility index (Phi) is 7.86. The van der Waals surface area contributed by atoms with E-state index in [2.05, 4.69) is 19.2 Å². The van der Waals surface area contributed by atoms with Crippen LogP contribution in [0.2, 0.25) is 5.02 Å². The summed E-state index contributed by atoms with van der Waals surface area (Å²) >= 11 is 5.87. The topological polar surface area (TPSA) is 49.4 Å². The van der Waals surface area contributed by atoms with Crippen LogP contribution in [-0.4, -0.2) is 24.9 Å². The molecule has 2 aromatic carbocycles. The quantitative estimate of drug-likeness (QED) is 0.722. The molecule has 0 spiro atoms. The smallest absolute Gasteiger partial charge is 0.223 e. The van der Waals surface area contributed by atoms with E-state index in [0.717, 1.165) is 23.2 Å². The van der Waals surface area contributed by atoms with Gasteiger partial charge in [-0.15, -0.1) is 0 Å². The Morgan fingerprint density at radius 3 is 2.37 bits per heavy atom. The second-order valence-corrected chi connectivity index (χ2v) is 7.30. The first kappa shape index (κ1) is 21.0. The number of carbonyl (C=O) groups excluding carboxylic acids is 2. The Labute approximate surface area is 166 Å². The second kappa shape index (κ2) is 10.1. The molecule has 0 aromatic heterocycles. The SMILES string of the molecule is CC(=O)N(CCC(=O)NCCc1ccc(Cl)cc1)c1ccccc1C(C)C. The zero-order chi connectivity index (χ0) is 19.8. The number of hydrogen-bond donors (Lipinski definition) is 1. The number of hydrogen-bond acceptors (Lipinski definition) is 2. The number of nitrogens with zero attached hydrogens (tertiary/aromatic N) is 1. The van der Waals surface area contributed by atoms with Gasteiger partial charge in [-0.3, -0.25) is 9.59 Å². The van der Waals surface area contributed by atoms with Crippen LogP contribution >= 0.6 is 11.6 Å². The first-order chi connectivity index (χ1) is 12.9. The Hall–Kier alpha value is -2.33. The van der Waals surface area contributed by atoms with Gasteiger partial charge in [-0.1, -0.05) is 55.8 Å². The van der Waals surface area contributed by atoms with Crippen molar-refractivity contribution in [2.75, 3.05) is 18.0 Å². The molecule has 0 heterocycles. The van der Waals surface area contributed by atoms with Crippen LogP contribution in [-0.2, 0) is 16.0 Å². The van der Waals surface area contributed by atoms with Gasteiger partial charge in [-0.2, -0.15) is 0 Å². The zero-order valence-electron chi connectivity index (χ0n) is 16.2. The maximum Gasteiger partial charge on any atom is 0.223 e. The minimum atomic E-state index is -0.0583. The molecule has 2 aromatic rings. The van der Waals surface area contributed by atoms with Gasteiger partial charge >= 0.3 is 0 Å². The first-order valence-corrected chi connectivity index (χ1v) is 9.64. The summed E-state index contributed by atoms with van der Waals surface area (Å²) in [5, 5.41) is 3.62. The molecular weight excluding hydrogens is 360 g/mol. The van der Waals surface area contributed by atoms with Crippen molar-refractivity contribution in [2.45, 2.75) is 39.5 Å². The van der Waals surface area contributed by atoms with Crippen molar-refractivity contribution in [3.8, 4) is 0 Å². The highest BCUT2D eigenvalue weighted by atomic mass is 35.5. The van der Waals surface area contributed by atoms with Crippen molar-refractivity contribution in [1.82, 2.24) is 5.32 Å². The van der Waals surface area contributed by atoms with E-state index in [1.54, 1.807) is 4.90 Å². The molecule has 0 unspecified atom stereocenters. The fourth-order valence-electron chi connectivity index (χ4n) is 2.97. The molecule has 0 saturated heterocycles. The van der Waals surface area contributed by atoms with Crippen LogP contribution < -0.4 is 10.2 Å². The van der Waals surface area contributed by atoms with Crippen LogP contribution in [0.25, 0.3) is 0 Å². The van der Waals surface area contributed by atoms with E-state index in [9.17, 15) is 9.59 Å². The van der Waals surface area contributed by atoms with E-state index in [0.29, 0.717) is 24.0 Å². The number of nitrogens with one attached hydrogen (secondary N) is 1. The number of carbonyl (C=O) groups is 2. The third kappa shape index (κ3) is 6.40. The van der Waals surface area contributed by atoms with Crippen LogP contribution in [0.3, 0.4) is 0 Å². The maximum atomic E-state index is 12.2. The van der Waals surface area contributed by atoms with Gasteiger partial charge in [0, 0.05) is 37.1 Å². The standard InChI is InChI=1S/C22H27ClN2O2/c1-16(2)20-6-4-5-7-21(20)25(17(3)26)15-13-22(27)24-14-12-18-8-10-19(23)11-9-18/h4-11,16H,12-15H2,1-3H3,(H,24,27). The summed E-state index contributed by atoms with van der Waals surface area (Å²) in [7, 11) is 0. The third-order valence-electron chi connectivity index (χ3n) is 4.44. The fraction of sp³-hybridized carbons (Fsp3) is 0.364. The fourth-order valence-corrected chi connectivity index (χ4v) is 3.09. The molecule has 144 valence electrons. The largest absolute Gasteiger partial charge is 0.356 e. The van der Waals surface area contributed by atoms with E-state index in [4.69, 9.17) is 11.6 Å². The lowest BCUT2D eigenvalue weighted by Crippen LogP contribution is -2.35. The Morgan fingerprint density at radius 2 is 1.74 bits per heavy atom. The lowest BCUT2D eigenvalue weighted by Gasteiger charge is -2.25. The van der Waals surface area contributed by atoms with E-state index < -0.39 is 0 Å². The summed E-state index contributed by atoms with van der Waals surface area (Å²) < 4.78 is 0. The minimum Gasteiger partial charge on any atom is -0.356 e. The average molecular weight is 387 g/mol. The van der Waals surface area contributed by atoms with Crippen molar-refractivity contribution in [1.29, 1.82) is 0 Å². The highest BCUT2D eigenvalue weighted by Crippen LogP contribution is 2.27. The number of para-hydroxylation sites is 1. The van der Waals surface area contributed by atoms with Crippen LogP contribution in [0.1, 0.15) is 44.2 Å². The zero-order valence-corrected chi connectivity index (χ0v) is 16.9. The van der Waals surface area contributed by atoms with Gasteiger partial charge in [0.1, 0.15) is 0 Å². The molecule has 1 N–H and O–H groups in total. The molecule has 0 aliphatic rings. The predicted octanol–water partition coefficient (Wildman–Crippen LogP) is 4.57. The van der Waals surface area contributed by atoms with Crippen molar-refractivity contribution in [3.63, 3.8) is 0 Å². The Morgan fingerprint density at radius 1 is 1.07 bits per heavy atom. The number of rotatable bonds is 8. The number of amides is 2. The molecule has 0 bridgehead atoms. The summed E-state index contributed by atoms with van der Waals surface area (Å²) in [4.78, 5) is 26.0. The first-order valence-electron chi connectivity index (χ1n) is 9.26. The monoisotopic (exact) mass is 386 g/mol. The van der Waals surface area contributed by atoms with Crippen molar-refractivity contribution < 1.29 is 9.59 Å². The lowest BCUT2D eigenvalue weighted by atomic mass is 10.0. The van der Waals surface area contributed by atoms with Crippen LogP contribution in [0, 0.1) is 0 Å². The third-order valence-corrected chi connectivity index (χ3v) is 4.69. The lowest BCUT2D eigenvalue weighted by molar-refractivity contribution is -0.121. The molecule has 0 aliphatic carbocycles. The molecule has 4 nitrogen and oxygen atoms in total. The minimum absolute atomic E-state index is 0.0581. The molecule has 0 aliphatic heterocycles. The average Bonchev–Trinajstić information content (AvgIpc) is 2.63. The predicted molar refractivity (Wildman–Crippen MR) is 111 cm³/mol. The molecule has 2 rings (SSSR count). The van der Waals surface area contributed by atoms with Crippen LogP contribution in [0.15, 0.2) is 48.5 Å². The summed E-state index contributed by atoms with van der Waals surface area (Å²) in [5.74, 6) is 0.186. The summed E-state index contributed by atoms with van der Waals surface area (Å²) in [6.45, 7) is 6.66. The van der Waals surface area contributed by atoms with Gasteiger partial charge in [0.2, 0.25) is 11.8 Å². The molecule has 0 atom stereocenters. The normalized spacial score (nSPS) is 10.7. The molecule has 0 radical (unpaired) electrons. The van der Waals surface area contributed by atoms with Gasteiger partial charge < -0.3 is 10.2 Å². The summed E-state index contributed by atoms with van der Waals surface area (Å²) in [6.07, 6.45) is 1.02. The molecule has 5 heteroatoms. The van der Waals surface area contributed by atoms with Gasteiger partial charge in [0.25, 0.3) is 0 Å². The van der Waals surface area contributed by atoms with E-state index >= 15 is 0 Å². The van der Waals surface area contributed by atoms with Gasteiger partial charge in [0.15, 0.2) is 0 Å². The maximum absolute atomic E-state index is 12.2. The highest BCUT2D eigenvalue weighted by molar-refractivity contribution is 6.30. The van der Waals surface area contributed by atoms with Crippen molar-refractivity contribution in [3.05, 3.63) is 64.7 Å².